The Hall–Kier alpha value is -1.46. The van der Waals surface area contributed by atoms with Gasteiger partial charge in [0.25, 0.3) is 0 Å². The van der Waals surface area contributed by atoms with Crippen LogP contribution in [0.3, 0.4) is 0 Å². The maximum absolute atomic E-state index is 5.87. The van der Waals surface area contributed by atoms with Crippen molar-refractivity contribution in [2.24, 2.45) is 0 Å². The van der Waals surface area contributed by atoms with Crippen molar-refractivity contribution < 1.29 is 4.74 Å². The van der Waals surface area contributed by atoms with E-state index in [0.29, 0.717) is 6.73 Å². The predicted octanol–water partition coefficient (Wildman–Crippen LogP) is 3.87. The molecule has 0 bridgehead atoms. The lowest BCUT2D eigenvalue weighted by molar-refractivity contribution is 0.0868. The molecule has 0 saturated carbocycles. The molecule has 0 radical (unpaired) electrons. The van der Waals surface area contributed by atoms with Gasteiger partial charge in [-0.1, -0.05) is 19.6 Å². The molecule has 114 valence electrons. The number of nitrogens with zero attached hydrogens (tertiary/aromatic N) is 3. The molecule has 0 saturated heterocycles. The van der Waals surface area contributed by atoms with Crippen molar-refractivity contribution in [1.82, 2.24) is 14.5 Å². The zero-order valence-electron chi connectivity index (χ0n) is 13.7. The zero-order chi connectivity index (χ0) is 15.5. The smallest absolute Gasteiger partial charge is 0.124 e. The fraction of sp³-hybridized carbons (Fsp3) is 0.500. The Labute approximate surface area is 128 Å². The van der Waals surface area contributed by atoms with Gasteiger partial charge in [-0.3, -0.25) is 4.98 Å². The van der Waals surface area contributed by atoms with E-state index in [2.05, 4.69) is 40.2 Å². The number of aromatic nitrogens is 3. The second-order valence-corrected chi connectivity index (χ2v) is 12.3. The molecule has 2 aromatic rings. The Balaban J connectivity index is 2.08. The van der Waals surface area contributed by atoms with E-state index < -0.39 is 8.07 Å². The van der Waals surface area contributed by atoms with Gasteiger partial charge in [0.2, 0.25) is 0 Å². The molecule has 4 nitrogen and oxygen atoms in total. The van der Waals surface area contributed by atoms with Gasteiger partial charge in [0, 0.05) is 32.1 Å². The van der Waals surface area contributed by atoms with Crippen molar-refractivity contribution in [2.75, 3.05) is 6.61 Å². The summed E-state index contributed by atoms with van der Waals surface area (Å²) in [5, 5.41) is 0. The van der Waals surface area contributed by atoms with Gasteiger partial charge >= 0.3 is 0 Å². The van der Waals surface area contributed by atoms with Crippen molar-refractivity contribution in [2.45, 2.75) is 46.3 Å². The van der Waals surface area contributed by atoms with E-state index in [1.165, 1.54) is 6.04 Å². The van der Waals surface area contributed by atoms with E-state index in [9.17, 15) is 0 Å². The molecule has 2 heterocycles. The number of hydrogen-bond acceptors (Lipinski definition) is 3. The highest BCUT2D eigenvalue weighted by atomic mass is 28.3. The third kappa shape index (κ3) is 4.51. The van der Waals surface area contributed by atoms with Gasteiger partial charge in [-0.2, -0.15) is 0 Å². The molecule has 0 aliphatic heterocycles. The maximum atomic E-state index is 5.87. The Morgan fingerprint density at radius 1 is 1.19 bits per heavy atom. The van der Waals surface area contributed by atoms with Crippen LogP contribution < -0.4 is 0 Å². The minimum Gasteiger partial charge on any atom is -0.361 e. The number of ether oxygens (including phenoxy) is 1. The summed E-state index contributed by atoms with van der Waals surface area (Å²) in [5.41, 5.74) is 3.24. The van der Waals surface area contributed by atoms with Crippen LogP contribution in [0.4, 0.5) is 0 Å². The average Bonchev–Trinajstić information content (AvgIpc) is 2.75. The van der Waals surface area contributed by atoms with Gasteiger partial charge in [-0.15, -0.1) is 0 Å². The van der Waals surface area contributed by atoms with Crippen LogP contribution in [0.2, 0.25) is 25.7 Å². The standard InChI is InChI=1S/C16H25N3OSi/c1-13-10-15(6-7-17-13)16-11-18-14(2)19(16)12-20-8-9-21(3,4)5/h6-7,10-11H,8-9,12H2,1-5H3. The fourth-order valence-corrected chi connectivity index (χ4v) is 2.86. The normalized spacial score (nSPS) is 11.9. The predicted molar refractivity (Wildman–Crippen MR) is 89.0 cm³/mol. The summed E-state index contributed by atoms with van der Waals surface area (Å²) in [6, 6.07) is 5.28. The molecular weight excluding hydrogens is 278 g/mol. The van der Waals surface area contributed by atoms with Gasteiger partial charge in [-0.25, -0.2) is 4.98 Å². The molecule has 0 aliphatic rings. The van der Waals surface area contributed by atoms with Gasteiger partial charge in [0.05, 0.1) is 11.9 Å². The lowest BCUT2D eigenvalue weighted by atomic mass is 10.2. The Morgan fingerprint density at radius 3 is 2.62 bits per heavy atom. The first kappa shape index (κ1) is 15.9. The van der Waals surface area contributed by atoms with Crippen molar-refractivity contribution in [3.05, 3.63) is 36.0 Å². The first-order valence-corrected chi connectivity index (χ1v) is 11.1. The van der Waals surface area contributed by atoms with Crippen LogP contribution >= 0.6 is 0 Å². The molecule has 2 aromatic heterocycles. The van der Waals surface area contributed by atoms with E-state index in [1.54, 1.807) is 0 Å². The largest absolute Gasteiger partial charge is 0.361 e. The van der Waals surface area contributed by atoms with Crippen LogP contribution in [0, 0.1) is 13.8 Å². The van der Waals surface area contributed by atoms with Crippen LogP contribution in [0.1, 0.15) is 11.5 Å². The van der Waals surface area contributed by atoms with E-state index in [4.69, 9.17) is 4.74 Å². The third-order valence-electron chi connectivity index (χ3n) is 3.46. The lowest BCUT2D eigenvalue weighted by Crippen LogP contribution is -2.22. The second-order valence-electron chi connectivity index (χ2n) is 6.65. The molecular formula is C16H25N3OSi. The molecule has 0 N–H and O–H groups in total. The topological polar surface area (TPSA) is 39.9 Å². The van der Waals surface area contributed by atoms with Crippen LogP contribution in [0.25, 0.3) is 11.3 Å². The molecule has 2 rings (SSSR count). The molecule has 5 heteroatoms. The Morgan fingerprint density at radius 2 is 1.95 bits per heavy atom. The first-order chi connectivity index (χ1) is 9.87. The monoisotopic (exact) mass is 303 g/mol. The second kappa shape index (κ2) is 6.53. The SMILES string of the molecule is Cc1cc(-c2cnc(C)n2COCC[Si](C)(C)C)ccn1. The van der Waals surface area contributed by atoms with E-state index in [0.717, 1.165) is 29.4 Å². The van der Waals surface area contributed by atoms with Gasteiger partial charge in [0.1, 0.15) is 12.6 Å². The fourth-order valence-electron chi connectivity index (χ4n) is 2.10. The molecule has 0 atom stereocenters. The van der Waals surface area contributed by atoms with Crippen molar-refractivity contribution in [1.29, 1.82) is 0 Å². The number of hydrogen-bond donors (Lipinski definition) is 0. The lowest BCUT2D eigenvalue weighted by Gasteiger charge is -2.16. The summed E-state index contributed by atoms with van der Waals surface area (Å²) in [6.07, 6.45) is 3.75. The molecule has 0 spiro atoms. The minimum atomic E-state index is -1.04. The highest BCUT2D eigenvalue weighted by Crippen LogP contribution is 2.21. The first-order valence-electron chi connectivity index (χ1n) is 7.40. The average molecular weight is 303 g/mol. The summed E-state index contributed by atoms with van der Waals surface area (Å²) in [6.45, 7) is 12.5. The number of pyridine rings is 1. The molecule has 0 aromatic carbocycles. The van der Waals surface area contributed by atoms with Gasteiger partial charge < -0.3 is 9.30 Å². The minimum absolute atomic E-state index is 0.563. The molecule has 0 amide bonds. The van der Waals surface area contributed by atoms with E-state index in [1.807, 2.05) is 32.3 Å². The van der Waals surface area contributed by atoms with Crippen LogP contribution in [-0.2, 0) is 11.5 Å². The van der Waals surface area contributed by atoms with Crippen molar-refractivity contribution in [3.63, 3.8) is 0 Å². The van der Waals surface area contributed by atoms with Crippen LogP contribution in [0.5, 0.6) is 0 Å². The quantitative estimate of drug-likeness (QED) is 0.600. The van der Waals surface area contributed by atoms with Crippen molar-refractivity contribution >= 4 is 8.07 Å². The Kier molecular flexibility index (Phi) is 4.95. The van der Waals surface area contributed by atoms with E-state index in [-0.39, 0.29) is 0 Å². The summed E-state index contributed by atoms with van der Waals surface area (Å²) >= 11 is 0. The van der Waals surface area contributed by atoms with Crippen LogP contribution in [0.15, 0.2) is 24.5 Å². The number of aryl methyl sites for hydroxylation is 2. The summed E-state index contributed by atoms with van der Waals surface area (Å²) in [5.74, 6) is 0.979. The zero-order valence-corrected chi connectivity index (χ0v) is 14.7. The number of imidazole rings is 1. The highest BCUT2D eigenvalue weighted by molar-refractivity contribution is 6.76. The molecule has 0 unspecified atom stereocenters. The summed E-state index contributed by atoms with van der Waals surface area (Å²) < 4.78 is 7.99. The number of rotatable bonds is 6. The van der Waals surface area contributed by atoms with Gasteiger partial charge in [0.15, 0.2) is 0 Å². The Bertz CT molecular complexity index is 602. The summed E-state index contributed by atoms with van der Waals surface area (Å²) in [7, 11) is -1.04. The van der Waals surface area contributed by atoms with Crippen molar-refractivity contribution in [3.8, 4) is 11.3 Å². The van der Waals surface area contributed by atoms with E-state index >= 15 is 0 Å². The third-order valence-corrected chi connectivity index (χ3v) is 5.17. The highest BCUT2D eigenvalue weighted by Gasteiger charge is 2.13. The molecule has 0 fully saturated rings. The molecule has 0 aliphatic carbocycles. The van der Waals surface area contributed by atoms with Crippen LogP contribution in [-0.4, -0.2) is 29.2 Å². The van der Waals surface area contributed by atoms with Gasteiger partial charge in [-0.05, 0) is 32.0 Å². The summed E-state index contributed by atoms with van der Waals surface area (Å²) in [4.78, 5) is 8.67. The molecule has 21 heavy (non-hydrogen) atoms. The maximum Gasteiger partial charge on any atom is 0.124 e.